The van der Waals surface area contributed by atoms with Crippen molar-refractivity contribution in [2.75, 3.05) is 6.54 Å². The summed E-state index contributed by atoms with van der Waals surface area (Å²) in [6.45, 7) is 0.775. The lowest BCUT2D eigenvalue weighted by atomic mass is 10.0. The number of fused-ring (bicyclic) bond motifs is 1. The van der Waals surface area contributed by atoms with Crippen LogP contribution in [0.5, 0.6) is 0 Å². The van der Waals surface area contributed by atoms with Crippen molar-refractivity contribution in [3.63, 3.8) is 0 Å². The van der Waals surface area contributed by atoms with Crippen LogP contribution in [-0.4, -0.2) is 25.1 Å². The van der Waals surface area contributed by atoms with Gasteiger partial charge >= 0.3 is 0 Å². The van der Waals surface area contributed by atoms with Gasteiger partial charge in [0.1, 0.15) is 0 Å². The van der Waals surface area contributed by atoms with E-state index in [1.807, 2.05) is 78.9 Å². The Morgan fingerprint density at radius 1 is 0.900 bits per heavy atom. The highest BCUT2D eigenvalue weighted by Gasteiger charge is 2.13. The van der Waals surface area contributed by atoms with Gasteiger partial charge < -0.3 is 0 Å². The van der Waals surface area contributed by atoms with Gasteiger partial charge in [0.25, 0.3) is 5.56 Å². The normalized spacial score (nSPS) is 12.2. The minimum absolute atomic E-state index is 0.121. The van der Waals surface area contributed by atoms with E-state index in [0.717, 1.165) is 27.8 Å². The van der Waals surface area contributed by atoms with Gasteiger partial charge in [0, 0.05) is 17.5 Å². The van der Waals surface area contributed by atoms with Gasteiger partial charge in [-0.15, -0.1) is 0 Å². The topological polar surface area (TPSA) is 84.2 Å². The van der Waals surface area contributed by atoms with Crippen LogP contribution in [0.3, 0.4) is 0 Å². The van der Waals surface area contributed by atoms with E-state index in [-0.39, 0.29) is 5.56 Å². The van der Waals surface area contributed by atoms with Gasteiger partial charge in [0.2, 0.25) is 11.3 Å². The molecule has 4 rings (SSSR count). The van der Waals surface area contributed by atoms with Gasteiger partial charge in [-0.3, -0.25) is 9.35 Å². The molecule has 0 saturated carbocycles. The van der Waals surface area contributed by atoms with Crippen LogP contribution in [0.15, 0.2) is 83.7 Å². The molecule has 1 unspecified atom stereocenters. The molecule has 152 valence electrons. The highest BCUT2D eigenvalue weighted by Crippen LogP contribution is 2.25. The second kappa shape index (κ2) is 9.13. The van der Waals surface area contributed by atoms with Crippen LogP contribution in [0.2, 0.25) is 0 Å². The first-order valence-electron chi connectivity index (χ1n) is 9.59. The SMILES string of the molecule is O=c1c2ccccc2c(-c2cccc(CCNS(=O)O)c2)nn1Cc1ccccc1. The van der Waals surface area contributed by atoms with Crippen molar-refractivity contribution in [1.29, 1.82) is 0 Å². The minimum Gasteiger partial charge on any atom is -0.294 e. The Morgan fingerprint density at radius 3 is 2.37 bits per heavy atom. The molecule has 0 aliphatic rings. The quantitative estimate of drug-likeness (QED) is 0.450. The van der Waals surface area contributed by atoms with Gasteiger partial charge in [-0.25, -0.2) is 13.6 Å². The third kappa shape index (κ3) is 4.54. The Morgan fingerprint density at radius 2 is 1.60 bits per heavy atom. The molecule has 0 spiro atoms. The first kappa shape index (κ1) is 20.2. The zero-order valence-corrected chi connectivity index (χ0v) is 17.0. The maximum atomic E-state index is 13.0. The summed E-state index contributed by atoms with van der Waals surface area (Å²) >= 11 is -2.02. The van der Waals surface area contributed by atoms with Crippen molar-refractivity contribution in [2.45, 2.75) is 13.0 Å². The number of nitrogens with zero attached hydrogens (tertiary/aromatic N) is 2. The average molecular weight is 420 g/mol. The van der Waals surface area contributed by atoms with Crippen molar-refractivity contribution in [3.8, 4) is 11.3 Å². The summed E-state index contributed by atoms with van der Waals surface area (Å²) in [6, 6.07) is 25.2. The Hall–Kier alpha value is -3.13. The van der Waals surface area contributed by atoms with Crippen LogP contribution in [-0.2, 0) is 24.2 Å². The summed E-state index contributed by atoms with van der Waals surface area (Å²) in [5, 5.41) is 6.15. The Kier molecular flexibility index (Phi) is 6.13. The average Bonchev–Trinajstić information content (AvgIpc) is 2.76. The first-order chi connectivity index (χ1) is 14.6. The second-order valence-corrected chi connectivity index (χ2v) is 7.72. The van der Waals surface area contributed by atoms with Gasteiger partial charge in [0.15, 0.2) is 0 Å². The fraction of sp³-hybridized carbons (Fsp3) is 0.130. The molecule has 3 aromatic carbocycles. The van der Waals surface area contributed by atoms with Crippen LogP contribution in [0.1, 0.15) is 11.1 Å². The highest BCUT2D eigenvalue weighted by atomic mass is 32.2. The highest BCUT2D eigenvalue weighted by molar-refractivity contribution is 7.77. The van der Waals surface area contributed by atoms with Crippen molar-refractivity contribution in [2.24, 2.45) is 0 Å². The number of hydrogen-bond acceptors (Lipinski definition) is 3. The summed E-state index contributed by atoms with van der Waals surface area (Å²) in [5.41, 5.74) is 3.53. The molecule has 1 aromatic heterocycles. The smallest absolute Gasteiger partial charge is 0.274 e. The third-order valence-corrected chi connectivity index (χ3v) is 5.33. The molecule has 2 N–H and O–H groups in total. The zero-order chi connectivity index (χ0) is 20.9. The van der Waals surface area contributed by atoms with E-state index in [1.165, 1.54) is 4.68 Å². The molecule has 6 nitrogen and oxygen atoms in total. The van der Waals surface area contributed by atoms with Gasteiger partial charge in [0.05, 0.1) is 17.6 Å². The van der Waals surface area contributed by atoms with Crippen molar-refractivity contribution < 1.29 is 8.76 Å². The molecule has 0 radical (unpaired) electrons. The molecular formula is C23H21N3O3S. The first-order valence-corrected chi connectivity index (χ1v) is 10.7. The van der Waals surface area contributed by atoms with E-state index in [4.69, 9.17) is 9.65 Å². The van der Waals surface area contributed by atoms with Gasteiger partial charge in [-0.2, -0.15) is 5.10 Å². The number of nitrogens with one attached hydrogen (secondary N) is 1. The summed E-state index contributed by atoms with van der Waals surface area (Å²) < 4.78 is 23.7. The monoisotopic (exact) mass is 419 g/mol. The fourth-order valence-corrected chi connectivity index (χ4v) is 3.75. The fourth-order valence-electron chi connectivity index (χ4n) is 3.47. The van der Waals surface area contributed by atoms with E-state index in [2.05, 4.69) is 4.72 Å². The Balaban J connectivity index is 1.78. The molecule has 1 atom stereocenters. The summed E-state index contributed by atoms with van der Waals surface area (Å²) in [7, 11) is 0. The van der Waals surface area contributed by atoms with Crippen LogP contribution in [0, 0.1) is 0 Å². The van der Waals surface area contributed by atoms with Crippen molar-refractivity contribution in [3.05, 3.63) is 100 Å². The van der Waals surface area contributed by atoms with Crippen LogP contribution in [0.25, 0.3) is 22.0 Å². The molecule has 7 heteroatoms. The molecule has 0 aliphatic heterocycles. The molecule has 0 bridgehead atoms. The van der Waals surface area contributed by atoms with E-state index in [1.54, 1.807) is 0 Å². The van der Waals surface area contributed by atoms with Gasteiger partial charge in [-0.1, -0.05) is 66.7 Å². The molecule has 0 saturated heterocycles. The number of rotatable bonds is 7. The van der Waals surface area contributed by atoms with Crippen LogP contribution >= 0.6 is 0 Å². The number of hydrogen-bond donors (Lipinski definition) is 2. The molecule has 1 heterocycles. The van der Waals surface area contributed by atoms with Crippen molar-refractivity contribution in [1.82, 2.24) is 14.5 Å². The predicted molar refractivity (Wildman–Crippen MR) is 119 cm³/mol. The van der Waals surface area contributed by atoms with E-state index in [0.29, 0.717) is 24.9 Å². The van der Waals surface area contributed by atoms with E-state index in [9.17, 15) is 9.00 Å². The third-order valence-electron chi connectivity index (χ3n) is 4.88. The molecule has 0 amide bonds. The maximum Gasteiger partial charge on any atom is 0.274 e. The second-order valence-electron chi connectivity index (χ2n) is 6.94. The molecule has 0 fully saturated rings. The maximum absolute atomic E-state index is 13.0. The van der Waals surface area contributed by atoms with Crippen LogP contribution in [0.4, 0.5) is 0 Å². The van der Waals surface area contributed by atoms with Gasteiger partial charge in [-0.05, 0) is 29.7 Å². The van der Waals surface area contributed by atoms with Crippen molar-refractivity contribution >= 4 is 22.0 Å². The van der Waals surface area contributed by atoms with Crippen LogP contribution < -0.4 is 10.3 Å². The van der Waals surface area contributed by atoms with E-state index >= 15 is 0 Å². The molecular weight excluding hydrogens is 398 g/mol. The predicted octanol–water partition coefficient (Wildman–Crippen LogP) is 3.38. The molecule has 30 heavy (non-hydrogen) atoms. The largest absolute Gasteiger partial charge is 0.294 e. The number of aromatic nitrogens is 2. The number of benzene rings is 3. The zero-order valence-electron chi connectivity index (χ0n) is 16.2. The Labute approximate surface area is 176 Å². The summed E-state index contributed by atoms with van der Waals surface area (Å²) in [6.07, 6.45) is 0.599. The lowest BCUT2D eigenvalue weighted by Crippen LogP contribution is -2.24. The minimum atomic E-state index is -2.02. The lowest BCUT2D eigenvalue weighted by molar-refractivity contribution is 0.549. The lowest BCUT2D eigenvalue weighted by Gasteiger charge is -2.12. The Bertz CT molecular complexity index is 1260. The standard InChI is InChI=1S/C23H21N3O3S/c27-23-21-12-5-4-11-20(21)22(25-26(23)16-18-7-2-1-3-8-18)19-10-6-9-17(15-19)13-14-24-30(28)29/h1-12,15,24H,13-14,16H2,(H,28,29). The molecule has 4 aromatic rings. The molecule has 0 aliphatic carbocycles. The summed E-state index contributed by atoms with van der Waals surface area (Å²) in [5.74, 6) is 0. The van der Waals surface area contributed by atoms with E-state index < -0.39 is 11.3 Å². The summed E-state index contributed by atoms with van der Waals surface area (Å²) in [4.78, 5) is 13.0.